The molecule has 4 nitrogen and oxygen atoms in total. The van der Waals surface area contributed by atoms with Crippen LogP contribution in [0.2, 0.25) is 0 Å². The lowest BCUT2D eigenvalue weighted by molar-refractivity contribution is 0.464. The minimum atomic E-state index is 0.629. The van der Waals surface area contributed by atoms with Crippen molar-refractivity contribution in [3.63, 3.8) is 0 Å². The maximum Gasteiger partial charge on any atom is 0.175 e. The number of aromatic nitrogens is 4. The van der Waals surface area contributed by atoms with E-state index in [2.05, 4.69) is 31.3 Å². The van der Waals surface area contributed by atoms with E-state index in [4.69, 9.17) is 0 Å². The lowest BCUT2D eigenvalue weighted by Crippen LogP contribution is -2.16. The molecule has 0 N–H and O–H groups in total. The zero-order valence-corrected chi connectivity index (χ0v) is 10.7. The first-order valence-electron chi connectivity index (χ1n) is 5.62. The Morgan fingerprint density at radius 2 is 2.13 bits per heavy atom. The molecule has 0 aromatic carbocycles. The van der Waals surface area contributed by atoms with Crippen LogP contribution in [0, 0.1) is 5.92 Å². The van der Waals surface area contributed by atoms with E-state index in [9.17, 15) is 0 Å². The molecule has 1 aromatic rings. The maximum absolute atomic E-state index is 4.24. The Labute approximate surface area is 98.6 Å². The zero-order valence-electron chi connectivity index (χ0n) is 9.06. The third-order valence-corrected chi connectivity index (χ3v) is 4.27. The van der Waals surface area contributed by atoms with Gasteiger partial charge in [0.15, 0.2) is 5.82 Å². The van der Waals surface area contributed by atoms with Crippen LogP contribution in [0.25, 0.3) is 0 Å². The highest BCUT2D eigenvalue weighted by molar-refractivity contribution is 9.09. The van der Waals surface area contributed by atoms with Gasteiger partial charge in [0.25, 0.3) is 0 Å². The second-order valence-corrected chi connectivity index (χ2v) is 5.49. The summed E-state index contributed by atoms with van der Waals surface area (Å²) in [5.74, 6) is 1.56. The van der Waals surface area contributed by atoms with Crippen LogP contribution in [0.3, 0.4) is 0 Å². The van der Waals surface area contributed by atoms with E-state index >= 15 is 0 Å². The summed E-state index contributed by atoms with van der Waals surface area (Å²) >= 11 is 3.79. The van der Waals surface area contributed by atoms with Crippen LogP contribution in [-0.2, 0) is 13.5 Å². The number of tetrazole rings is 1. The molecule has 2 atom stereocenters. The molecule has 1 fully saturated rings. The Bertz CT molecular complexity index is 312. The lowest BCUT2D eigenvalue weighted by Gasteiger charge is -2.17. The summed E-state index contributed by atoms with van der Waals surface area (Å²) in [4.78, 5) is 2.17. The molecule has 0 spiro atoms. The minimum Gasteiger partial charge on any atom is -0.167 e. The molecule has 5 heteroatoms. The van der Waals surface area contributed by atoms with E-state index in [1.807, 2.05) is 7.05 Å². The van der Waals surface area contributed by atoms with Crippen molar-refractivity contribution in [3.8, 4) is 0 Å². The van der Waals surface area contributed by atoms with Crippen molar-refractivity contribution in [1.82, 2.24) is 20.2 Å². The van der Waals surface area contributed by atoms with E-state index in [-0.39, 0.29) is 0 Å². The number of halogens is 1. The molecule has 0 aliphatic heterocycles. The zero-order chi connectivity index (χ0) is 10.7. The van der Waals surface area contributed by atoms with E-state index in [0.717, 1.165) is 12.2 Å². The van der Waals surface area contributed by atoms with Gasteiger partial charge in [-0.2, -0.15) is 4.80 Å². The fraction of sp³-hybridized carbons (Fsp3) is 0.900. The number of alkyl halides is 1. The number of rotatable bonds is 2. The van der Waals surface area contributed by atoms with Crippen molar-refractivity contribution in [3.05, 3.63) is 5.82 Å². The van der Waals surface area contributed by atoms with Crippen LogP contribution < -0.4 is 0 Å². The number of aryl methyl sites for hydroxylation is 1. The average Bonchev–Trinajstić information content (AvgIpc) is 2.50. The second kappa shape index (κ2) is 5.05. The van der Waals surface area contributed by atoms with E-state index < -0.39 is 0 Å². The van der Waals surface area contributed by atoms with Crippen molar-refractivity contribution in [2.75, 3.05) is 0 Å². The molecule has 0 saturated heterocycles. The third-order valence-electron chi connectivity index (χ3n) is 3.06. The van der Waals surface area contributed by atoms with Gasteiger partial charge in [0.2, 0.25) is 0 Å². The summed E-state index contributed by atoms with van der Waals surface area (Å²) in [5.41, 5.74) is 0. The van der Waals surface area contributed by atoms with Gasteiger partial charge < -0.3 is 0 Å². The van der Waals surface area contributed by atoms with E-state index in [1.165, 1.54) is 36.9 Å². The van der Waals surface area contributed by atoms with Crippen molar-refractivity contribution < 1.29 is 0 Å². The third kappa shape index (κ3) is 3.00. The predicted molar refractivity (Wildman–Crippen MR) is 61.8 cm³/mol. The van der Waals surface area contributed by atoms with Crippen LogP contribution >= 0.6 is 15.9 Å². The van der Waals surface area contributed by atoms with Crippen LogP contribution in [0.4, 0.5) is 0 Å². The van der Waals surface area contributed by atoms with Crippen molar-refractivity contribution in [1.29, 1.82) is 0 Å². The number of hydrogen-bond donors (Lipinski definition) is 0. The van der Waals surface area contributed by atoms with Gasteiger partial charge in [0.1, 0.15) is 0 Å². The highest BCUT2D eigenvalue weighted by Gasteiger charge is 2.23. The first-order chi connectivity index (χ1) is 7.25. The normalized spacial score (nSPS) is 27.6. The summed E-state index contributed by atoms with van der Waals surface area (Å²) in [6, 6.07) is 0. The largest absolute Gasteiger partial charge is 0.175 e. The Balaban J connectivity index is 1.97. The van der Waals surface area contributed by atoms with Crippen LogP contribution in [0.5, 0.6) is 0 Å². The summed E-state index contributed by atoms with van der Waals surface area (Å²) < 4.78 is 0. The van der Waals surface area contributed by atoms with Crippen molar-refractivity contribution >= 4 is 15.9 Å². The minimum absolute atomic E-state index is 0.629. The Hall–Kier alpha value is -0.450. The Morgan fingerprint density at radius 3 is 2.87 bits per heavy atom. The molecule has 84 valence electrons. The first-order valence-corrected chi connectivity index (χ1v) is 6.54. The van der Waals surface area contributed by atoms with Gasteiger partial charge in [-0.1, -0.05) is 35.2 Å². The number of nitrogens with zero attached hydrogens (tertiary/aromatic N) is 4. The fourth-order valence-corrected chi connectivity index (χ4v) is 2.98. The highest BCUT2D eigenvalue weighted by Crippen LogP contribution is 2.30. The Kier molecular flexibility index (Phi) is 3.72. The number of hydrogen-bond acceptors (Lipinski definition) is 3. The van der Waals surface area contributed by atoms with Gasteiger partial charge >= 0.3 is 0 Å². The predicted octanol–water partition coefficient (Wildman–Crippen LogP) is 2.10. The molecular weight excluding hydrogens is 256 g/mol. The SMILES string of the molecule is Cn1nnc(CC2CCCCCC2Br)n1. The van der Waals surface area contributed by atoms with Gasteiger partial charge in [-0.05, 0) is 24.0 Å². The monoisotopic (exact) mass is 272 g/mol. The van der Waals surface area contributed by atoms with Crippen molar-refractivity contribution in [2.24, 2.45) is 13.0 Å². The summed E-state index contributed by atoms with van der Waals surface area (Å²) in [6.45, 7) is 0. The molecule has 0 radical (unpaired) electrons. The van der Waals surface area contributed by atoms with Gasteiger partial charge in [-0.25, -0.2) is 0 Å². The van der Waals surface area contributed by atoms with Gasteiger partial charge in [0.05, 0.1) is 7.05 Å². The molecule has 0 amide bonds. The lowest BCUT2D eigenvalue weighted by atomic mass is 9.96. The molecule has 1 aromatic heterocycles. The molecule has 0 bridgehead atoms. The standard InChI is InChI=1S/C10H17BrN4/c1-15-13-10(12-14-15)7-8-5-3-2-4-6-9(8)11/h8-9H,2-7H2,1H3. The first kappa shape index (κ1) is 11.0. The molecule has 2 rings (SSSR count). The molecule has 1 heterocycles. The molecule has 1 saturated carbocycles. The Morgan fingerprint density at radius 1 is 1.33 bits per heavy atom. The fourth-order valence-electron chi connectivity index (χ4n) is 2.21. The molecule has 15 heavy (non-hydrogen) atoms. The van der Waals surface area contributed by atoms with Gasteiger partial charge in [-0.3, -0.25) is 0 Å². The topological polar surface area (TPSA) is 43.6 Å². The smallest absolute Gasteiger partial charge is 0.167 e. The van der Waals surface area contributed by atoms with Crippen LogP contribution in [0.15, 0.2) is 0 Å². The summed E-state index contributed by atoms with van der Waals surface area (Å²) in [6.07, 6.45) is 7.59. The van der Waals surface area contributed by atoms with Crippen LogP contribution in [0.1, 0.15) is 37.9 Å². The van der Waals surface area contributed by atoms with E-state index in [1.54, 1.807) is 0 Å². The molecule has 1 aliphatic carbocycles. The maximum atomic E-state index is 4.24. The van der Waals surface area contributed by atoms with E-state index in [0.29, 0.717) is 10.7 Å². The van der Waals surface area contributed by atoms with Gasteiger partial charge in [0, 0.05) is 11.2 Å². The van der Waals surface area contributed by atoms with Crippen molar-refractivity contribution in [2.45, 2.75) is 43.4 Å². The summed E-state index contributed by atoms with van der Waals surface area (Å²) in [5, 5.41) is 12.2. The van der Waals surface area contributed by atoms with Gasteiger partial charge in [-0.15, -0.1) is 10.2 Å². The quantitative estimate of drug-likeness (QED) is 0.612. The molecule has 2 unspecified atom stereocenters. The average molecular weight is 273 g/mol. The summed E-state index contributed by atoms with van der Waals surface area (Å²) in [7, 11) is 1.81. The highest BCUT2D eigenvalue weighted by atomic mass is 79.9. The molecular formula is C10H17BrN4. The van der Waals surface area contributed by atoms with Crippen LogP contribution in [-0.4, -0.2) is 25.0 Å². The molecule has 1 aliphatic rings. The second-order valence-electron chi connectivity index (χ2n) is 4.31.